The standard InChI is InChI=1S/C24H30FIN4O4/c1-14-10-29(19-8-7-17(26)21-15(19)6-5-9-27-21)13-20(33-14)22(31)28-18-12-30(11-16(18)25)23(32)34-24(2,3)4/h5-9,14,16,18,20H,10-13H2,1-4H3,(H,28,31)/t14-,16+,18?,20-/m1/s1. The van der Waals surface area contributed by atoms with Gasteiger partial charge in [0.2, 0.25) is 0 Å². The molecule has 2 amide bonds. The third-order valence-electron chi connectivity index (χ3n) is 5.82. The van der Waals surface area contributed by atoms with Crippen molar-refractivity contribution >= 4 is 51.2 Å². The number of alkyl halides is 1. The summed E-state index contributed by atoms with van der Waals surface area (Å²) in [6.07, 6.45) is -1.15. The van der Waals surface area contributed by atoms with E-state index in [-0.39, 0.29) is 25.1 Å². The van der Waals surface area contributed by atoms with Crippen LogP contribution in [0.4, 0.5) is 14.9 Å². The smallest absolute Gasteiger partial charge is 0.410 e. The van der Waals surface area contributed by atoms with E-state index in [4.69, 9.17) is 9.47 Å². The highest BCUT2D eigenvalue weighted by molar-refractivity contribution is 14.1. The van der Waals surface area contributed by atoms with Gasteiger partial charge in [0.1, 0.15) is 11.8 Å². The molecule has 1 N–H and O–H groups in total. The Kier molecular flexibility index (Phi) is 7.18. The van der Waals surface area contributed by atoms with Crippen LogP contribution >= 0.6 is 22.6 Å². The molecule has 2 aliphatic heterocycles. The van der Waals surface area contributed by atoms with Crippen LogP contribution < -0.4 is 10.2 Å². The molecule has 184 valence electrons. The SMILES string of the molecule is C[C@@H]1CN(c2ccc(I)c3ncccc23)C[C@H](C(=O)NC2CN(C(=O)OC(C)(C)C)C[C@@H]2F)O1. The molecule has 4 rings (SSSR count). The van der Waals surface area contributed by atoms with Gasteiger partial charge in [0.05, 0.1) is 30.8 Å². The summed E-state index contributed by atoms with van der Waals surface area (Å²) < 4.78 is 27.0. The molecule has 2 aliphatic rings. The molecule has 3 heterocycles. The number of pyridine rings is 1. The maximum atomic E-state index is 14.7. The van der Waals surface area contributed by atoms with Gasteiger partial charge in [0.15, 0.2) is 6.10 Å². The predicted octanol–water partition coefficient (Wildman–Crippen LogP) is 3.51. The molecule has 0 saturated carbocycles. The van der Waals surface area contributed by atoms with E-state index in [1.807, 2.05) is 31.2 Å². The molecule has 0 aliphatic carbocycles. The van der Waals surface area contributed by atoms with Crippen LogP contribution in [0.5, 0.6) is 0 Å². The second kappa shape index (κ2) is 9.80. The monoisotopic (exact) mass is 584 g/mol. The normalized spacial score (nSPS) is 25.5. The highest BCUT2D eigenvalue weighted by Gasteiger charge is 2.40. The first-order valence-electron chi connectivity index (χ1n) is 11.4. The zero-order valence-electron chi connectivity index (χ0n) is 19.8. The number of likely N-dealkylation sites (tertiary alicyclic amines) is 1. The number of ether oxygens (including phenoxy) is 2. The molecule has 0 radical (unpaired) electrons. The summed E-state index contributed by atoms with van der Waals surface area (Å²) in [5, 5.41) is 3.77. The van der Waals surface area contributed by atoms with Crippen molar-refractivity contribution in [1.29, 1.82) is 0 Å². The number of aromatic nitrogens is 1. The first-order valence-corrected chi connectivity index (χ1v) is 12.5. The Labute approximate surface area is 212 Å². The zero-order valence-corrected chi connectivity index (χ0v) is 21.9. The summed E-state index contributed by atoms with van der Waals surface area (Å²) in [7, 11) is 0. The summed E-state index contributed by atoms with van der Waals surface area (Å²) in [5.74, 6) is -0.386. The third-order valence-corrected chi connectivity index (χ3v) is 6.69. The zero-order chi connectivity index (χ0) is 24.6. The van der Waals surface area contributed by atoms with Crippen LogP contribution in [0.15, 0.2) is 30.5 Å². The molecular weight excluding hydrogens is 554 g/mol. The van der Waals surface area contributed by atoms with Crippen molar-refractivity contribution in [3.8, 4) is 0 Å². The first kappa shape index (κ1) is 24.9. The lowest BCUT2D eigenvalue weighted by Gasteiger charge is -2.38. The summed E-state index contributed by atoms with van der Waals surface area (Å²) in [5.41, 5.74) is 1.22. The van der Waals surface area contributed by atoms with Crippen LogP contribution in [0.2, 0.25) is 0 Å². The highest BCUT2D eigenvalue weighted by Crippen LogP contribution is 2.31. The van der Waals surface area contributed by atoms with Gasteiger partial charge in [-0.3, -0.25) is 9.78 Å². The van der Waals surface area contributed by atoms with E-state index in [9.17, 15) is 14.0 Å². The Bertz CT molecular complexity index is 1080. The quantitative estimate of drug-likeness (QED) is 0.557. The number of nitrogens with one attached hydrogen (secondary N) is 1. The van der Waals surface area contributed by atoms with E-state index in [1.54, 1.807) is 27.0 Å². The van der Waals surface area contributed by atoms with E-state index in [0.717, 1.165) is 20.2 Å². The van der Waals surface area contributed by atoms with Crippen molar-refractivity contribution in [2.75, 3.05) is 31.1 Å². The summed E-state index contributed by atoms with van der Waals surface area (Å²) in [6, 6.07) is 7.15. The number of rotatable bonds is 3. The van der Waals surface area contributed by atoms with Gasteiger partial charge in [-0.05, 0) is 74.6 Å². The van der Waals surface area contributed by atoms with Crippen LogP contribution in [-0.2, 0) is 14.3 Å². The number of halogens is 2. The van der Waals surface area contributed by atoms with Gasteiger partial charge >= 0.3 is 6.09 Å². The Morgan fingerprint density at radius 1 is 1.21 bits per heavy atom. The lowest BCUT2D eigenvalue weighted by Crippen LogP contribution is -2.55. The van der Waals surface area contributed by atoms with Gasteiger partial charge in [-0.25, -0.2) is 9.18 Å². The number of amides is 2. The molecule has 1 aromatic heterocycles. The van der Waals surface area contributed by atoms with E-state index in [0.29, 0.717) is 13.1 Å². The largest absolute Gasteiger partial charge is 0.444 e. The van der Waals surface area contributed by atoms with Crippen LogP contribution in [0.1, 0.15) is 27.7 Å². The van der Waals surface area contributed by atoms with Crippen molar-refractivity contribution in [3.05, 3.63) is 34.0 Å². The van der Waals surface area contributed by atoms with Crippen LogP contribution in [-0.4, -0.2) is 78.1 Å². The van der Waals surface area contributed by atoms with Crippen LogP contribution in [0.3, 0.4) is 0 Å². The molecule has 10 heteroatoms. The first-order chi connectivity index (χ1) is 16.0. The van der Waals surface area contributed by atoms with Crippen LogP contribution in [0, 0.1) is 3.57 Å². The molecule has 2 saturated heterocycles. The molecule has 2 aromatic rings. The fraction of sp³-hybridized carbons (Fsp3) is 0.542. The highest BCUT2D eigenvalue weighted by atomic mass is 127. The molecule has 4 atom stereocenters. The second-order valence-electron chi connectivity index (χ2n) is 9.82. The van der Waals surface area contributed by atoms with Gasteiger partial charge in [-0.15, -0.1) is 0 Å². The second-order valence-corrected chi connectivity index (χ2v) is 11.0. The Hall–Kier alpha value is -2.21. The van der Waals surface area contributed by atoms with Gasteiger partial charge < -0.3 is 24.6 Å². The molecule has 34 heavy (non-hydrogen) atoms. The molecule has 1 unspecified atom stereocenters. The maximum absolute atomic E-state index is 14.7. The number of morpholine rings is 1. The molecular formula is C24H30FIN4O4. The molecule has 0 bridgehead atoms. The molecule has 2 fully saturated rings. The van der Waals surface area contributed by atoms with E-state index in [1.165, 1.54) is 4.90 Å². The van der Waals surface area contributed by atoms with Gasteiger partial charge in [0.25, 0.3) is 5.91 Å². The van der Waals surface area contributed by atoms with Crippen molar-refractivity contribution < 1.29 is 23.5 Å². The van der Waals surface area contributed by atoms with E-state index >= 15 is 0 Å². The number of benzene rings is 1. The summed E-state index contributed by atoms with van der Waals surface area (Å²) >= 11 is 2.26. The fourth-order valence-electron chi connectivity index (χ4n) is 4.34. The number of hydrogen-bond acceptors (Lipinski definition) is 6. The van der Waals surface area contributed by atoms with Gasteiger partial charge in [-0.2, -0.15) is 0 Å². The lowest BCUT2D eigenvalue weighted by molar-refractivity contribution is -0.138. The van der Waals surface area contributed by atoms with Crippen molar-refractivity contribution in [2.24, 2.45) is 0 Å². The molecule has 8 nitrogen and oxygen atoms in total. The number of carbonyl (C=O) groups is 2. The number of fused-ring (bicyclic) bond motifs is 1. The minimum atomic E-state index is -1.38. The topological polar surface area (TPSA) is 84.0 Å². The number of nitrogens with zero attached hydrogens (tertiary/aromatic N) is 3. The van der Waals surface area contributed by atoms with Crippen molar-refractivity contribution in [2.45, 2.75) is 57.7 Å². The Balaban J connectivity index is 1.44. The minimum absolute atomic E-state index is 0.0568. The van der Waals surface area contributed by atoms with Gasteiger partial charge in [0, 0.05) is 33.9 Å². The van der Waals surface area contributed by atoms with Crippen molar-refractivity contribution in [1.82, 2.24) is 15.2 Å². The fourth-order valence-corrected chi connectivity index (χ4v) is 4.95. The average Bonchev–Trinajstić information content (AvgIpc) is 3.13. The minimum Gasteiger partial charge on any atom is -0.444 e. The maximum Gasteiger partial charge on any atom is 0.410 e. The predicted molar refractivity (Wildman–Crippen MR) is 136 cm³/mol. The molecule has 1 aromatic carbocycles. The lowest BCUT2D eigenvalue weighted by atomic mass is 10.1. The Morgan fingerprint density at radius 3 is 2.71 bits per heavy atom. The van der Waals surface area contributed by atoms with Gasteiger partial charge in [-0.1, -0.05) is 0 Å². The van der Waals surface area contributed by atoms with E-state index < -0.39 is 30.0 Å². The number of hydrogen-bond donors (Lipinski definition) is 1. The van der Waals surface area contributed by atoms with Crippen molar-refractivity contribution in [3.63, 3.8) is 0 Å². The van der Waals surface area contributed by atoms with E-state index in [2.05, 4.69) is 37.8 Å². The van der Waals surface area contributed by atoms with Crippen LogP contribution in [0.25, 0.3) is 10.9 Å². The average molecular weight is 584 g/mol. The number of anilines is 1. The third kappa shape index (κ3) is 5.54. The summed E-state index contributed by atoms with van der Waals surface area (Å²) in [4.78, 5) is 33.3. The summed E-state index contributed by atoms with van der Waals surface area (Å²) in [6.45, 7) is 8.08. The Morgan fingerprint density at radius 2 is 1.97 bits per heavy atom. The molecule has 0 spiro atoms. The number of carbonyl (C=O) groups excluding carboxylic acids is 2.